The van der Waals surface area contributed by atoms with E-state index in [1.54, 1.807) is 18.5 Å². The maximum atomic E-state index is 11.4. The number of hydrogen-bond donors (Lipinski definition) is 3. The summed E-state index contributed by atoms with van der Waals surface area (Å²) in [5.74, 6) is 1.90. The van der Waals surface area contributed by atoms with Gasteiger partial charge in [-0.1, -0.05) is 26.2 Å². The van der Waals surface area contributed by atoms with Crippen molar-refractivity contribution in [3.8, 4) is 5.88 Å². The molecule has 2 heterocycles. The molecule has 29 heavy (non-hydrogen) atoms. The average molecular weight is 417 g/mol. The topological polar surface area (TPSA) is 136 Å². The van der Waals surface area contributed by atoms with Gasteiger partial charge in [-0.15, -0.1) is 0 Å². The summed E-state index contributed by atoms with van der Waals surface area (Å²) in [6.45, 7) is 2.87. The SMILES string of the molecule is CC1CCCCC1COc1nc(Nc2ccc(S(N)(=O)=O)cc2)nc2[nH]cnc12. The number of hydrogen-bond acceptors (Lipinski definition) is 7. The van der Waals surface area contributed by atoms with Crippen molar-refractivity contribution >= 4 is 32.8 Å². The van der Waals surface area contributed by atoms with Gasteiger partial charge in [0.15, 0.2) is 11.2 Å². The highest BCUT2D eigenvalue weighted by Gasteiger charge is 2.23. The largest absolute Gasteiger partial charge is 0.476 e. The van der Waals surface area contributed by atoms with Crippen molar-refractivity contribution < 1.29 is 13.2 Å². The third-order valence-corrected chi connectivity index (χ3v) is 6.34. The highest BCUT2D eigenvalue weighted by molar-refractivity contribution is 7.89. The molecule has 0 spiro atoms. The van der Waals surface area contributed by atoms with E-state index in [-0.39, 0.29) is 4.90 Å². The maximum Gasteiger partial charge on any atom is 0.247 e. The van der Waals surface area contributed by atoms with Crippen LogP contribution in [0, 0.1) is 11.8 Å². The van der Waals surface area contributed by atoms with Crippen LogP contribution in [0.3, 0.4) is 0 Å². The number of benzene rings is 1. The van der Waals surface area contributed by atoms with Crippen molar-refractivity contribution in [3.05, 3.63) is 30.6 Å². The van der Waals surface area contributed by atoms with Crippen LogP contribution in [-0.2, 0) is 10.0 Å². The van der Waals surface area contributed by atoms with Crippen LogP contribution in [0.4, 0.5) is 11.6 Å². The average Bonchev–Trinajstić information content (AvgIpc) is 3.15. The molecular formula is C19H24N6O3S. The van der Waals surface area contributed by atoms with Gasteiger partial charge in [0, 0.05) is 5.69 Å². The van der Waals surface area contributed by atoms with E-state index in [1.807, 2.05) is 0 Å². The molecule has 1 saturated carbocycles. The Labute approximate surface area is 169 Å². The van der Waals surface area contributed by atoms with E-state index >= 15 is 0 Å². The van der Waals surface area contributed by atoms with Gasteiger partial charge in [-0.3, -0.25) is 0 Å². The molecule has 1 aliphatic carbocycles. The van der Waals surface area contributed by atoms with E-state index in [9.17, 15) is 8.42 Å². The second kappa shape index (κ2) is 7.96. The first-order chi connectivity index (χ1) is 13.9. The Balaban J connectivity index is 1.54. The summed E-state index contributed by atoms with van der Waals surface area (Å²) >= 11 is 0. The molecule has 0 radical (unpaired) electrons. The molecule has 10 heteroatoms. The molecule has 4 rings (SSSR count). The molecular weight excluding hydrogens is 392 g/mol. The molecule has 2 atom stereocenters. The lowest BCUT2D eigenvalue weighted by atomic mass is 9.81. The molecule has 0 bridgehead atoms. The van der Waals surface area contributed by atoms with E-state index in [2.05, 4.69) is 32.2 Å². The van der Waals surface area contributed by atoms with E-state index in [1.165, 1.54) is 31.4 Å². The Morgan fingerprint density at radius 1 is 1.21 bits per heavy atom. The number of aromatic amines is 1. The van der Waals surface area contributed by atoms with Crippen molar-refractivity contribution in [2.45, 2.75) is 37.5 Å². The van der Waals surface area contributed by atoms with E-state index in [0.717, 1.165) is 6.42 Å². The molecule has 1 fully saturated rings. The second-order valence-corrected chi connectivity index (χ2v) is 9.04. The Kier molecular flexibility index (Phi) is 5.37. The first-order valence-corrected chi connectivity index (χ1v) is 11.2. The fourth-order valence-corrected chi connectivity index (χ4v) is 4.16. The first kappa shape index (κ1) is 19.6. The number of imidazole rings is 1. The number of nitrogens with two attached hydrogens (primary N) is 1. The lowest BCUT2D eigenvalue weighted by molar-refractivity contribution is 0.157. The van der Waals surface area contributed by atoms with Crippen LogP contribution in [0.15, 0.2) is 35.5 Å². The van der Waals surface area contributed by atoms with Gasteiger partial charge in [-0.05, 0) is 42.5 Å². The summed E-state index contributed by atoms with van der Waals surface area (Å²) in [6, 6.07) is 6.05. The lowest BCUT2D eigenvalue weighted by Crippen LogP contribution is -2.23. The highest BCUT2D eigenvalue weighted by Crippen LogP contribution is 2.31. The fraction of sp³-hybridized carbons (Fsp3) is 0.421. The van der Waals surface area contributed by atoms with Gasteiger partial charge in [-0.2, -0.15) is 9.97 Å². The smallest absolute Gasteiger partial charge is 0.247 e. The first-order valence-electron chi connectivity index (χ1n) is 9.64. The van der Waals surface area contributed by atoms with Crippen molar-refractivity contribution in [3.63, 3.8) is 0 Å². The number of H-pyrrole nitrogens is 1. The highest BCUT2D eigenvalue weighted by atomic mass is 32.2. The van der Waals surface area contributed by atoms with Crippen LogP contribution in [0.1, 0.15) is 32.6 Å². The monoisotopic (exact) mass is 416 g/mol. The molecule has 4 N–H and O–H groups in total. The number of nitrogens with one attached hydrogen (secondary N) is 2. The summed E-state index contributed by atoms with van der Waals surface area (Å²) in [4.78, 5) is 16.2. The second-order valence-electron chi connectivity index (χ2n) is 7.48. The predicted molar refractivity (Wildman–Crippen MR) is 109 cm³/mol. The molecule has 2 unspecified atom stereocenters. The quantitative estimate of drug-likeness (QED) is 0.562. The summed E-state index contributed by atoms with van der Waals surface area (Å²) in [6.07, 6.45) is 6.48. The van der Waals surface area contributed by atoms with E-state index in [4.69, 9.17) is 9.88 Å². The molecule has 0 amide bonds. The number of fused-ring (bicyclic) bond motifs is 1. The third kappa shape index (κ3) is 4.48. The Hall–Kier alpha value is -2.72. The van der Waals surface area contributed by atoms with Gasteiger partial charge in [-0.25, -0.2) is 18.5 Å². The Morgan fingerprint density at radius 2 is 1.97 bits per heavy atom. The fourth-order valence-electron chi connectivity index (χ4n) is 3.65. The van der Waals surface area contributed by atoms with Crippen molar-refractivity contribution in [1.82, 2.24) is 19.9 Å². The Morgan fingerprint density at radius 3 is 2.69 bits per heavy atom. The third-order valence-electron chi connectivity index (χ3n) is 5.41. The summed E-state index contributed by atoms with van der Waals surface area (Å²) in [7, 11) is -3.74. The molecule has 2 aromatic heterocycles. The molecule has 154 valence electrons. The number of nitrogens with zero attached hydrogens (tertiary/aromatic N) is 3. The molecule has 1 aliphatic rings. The summed E-state index contributed by atoms with van der Waals surface area (Å²) < 4.78 is 28.8. The van der Waals surface area contributed by atoms with Crippen LogP contribution in [0.2, 0.25) is 0 Å². The molecule has 0 aliphatic heterocycles. The zero-order valence-electron chi connectivity index (χ0n) is 16.1. The van der Waals surface area contributed by atoms with Crippen molar-refractivity contribution in [2.24, 2.45) is 17.0 Å². The minimum Gasteiger partial charge on any atom is -0.476 e. The van der Waals surface area contributed by atoms with Gasteiger partial charge < -0.3 is 15.0 Å². The minimum atomic E-state index is -3.74. The molecule has 0 saturated heterocycles. The van der Waals surface area contributed by atoms with Gasteiger partial charge in [0.2, 0.25) is 21.9 Å². The van der Waals surface area contributed by atoms with Gasteiger partial charge in [0.1, 0.15) is 0 Å². The molecule has 1 aromatic carbocycles. The zero-order valence-corrected chi connectivity index (χ0v) is 16.9. The van der Waals surface area contributed by atoms with Crippen LogP contribution < -0.4 is 15.2 Å². The number of anilines is 2. The van der Waals surface area contributed by atoms with Crippen molar-refractivity contribution in [2.75, 3.05) is 11.9 Å². The number of primary sulfonamides is 1. The standard InChI is InChI=1S/C19H24N6O3S/c1-12-4-2-3-5-13(12)10-28-18-16-17(22-11-21-16)24-19(25-18)23-14-6-8-15(9-7-14)29(20,26)27/h6-9,11-13H,2-5,10H2,1H3,(H2,20,26,27)(H2,21,22,23,24,25). The van der Waals surface area contributed by atoms with E-state index in [0.29, 0.717) is 47.1 Å². The Bertz CT molecular complexity index is 1100. The minimum absolute atomic E-state index is 0.0404. The van der Waals surface area contributed by atoms with E-state index < -0.39 is 10.0 Å². The summed E-state index contributed by atoms with van der Waals surface area (Å²) in [5.41, 5.74) is 1.78. The van der Waals surface area contributed by atoms with Crippen LogP contribution >= 0.6 is 0 Å². The predicted octanol–water partition coefficient (Wildman–Crippen LogP) is 2.95. The molecule has 3 aromatic rings. The van der Waals surface area contributed by atoms with Gasteiger partial charge in [0.05, 0.1) is 17.8 Å². The van der Waals surface area contributed by atoms with Gasteiger partial charge >= 0.3 is 0 Å². The lowest BCUT2D eigenvalue weighted by Gasteiger charge is -2.28. The van der Waals surface area contributed by atoms with Crippen LogP contribution in [0.25, 0.3) is 11.2 Å². The number of sulfonamides is 1. The zero-order chi connectivity index (χ0) is 20.4. The number of aromatic nitrogens is 4. The number of rotatable bonds is 6. The van der Waals surface area contributed by atoms with Crippen LogP contribution in [-0.4, -0.2) is 35.0 Å². The van der Waals surface area contributed by atoms with Crippen LogP contribution in [0.5, 0.6) is 5.88 Å². The summed E-state index contributed by atoms with van der Waals surface area (Å²) in [5, 5.41) is 8.20. The van der Waals surface area contributed by atoms with Gasteiger partial charge in [0.25, 0.3) is 0 Å². The maximum absolute atomic E-state index is 11.4. The van der Waals surface area contributed by atoms with Crippen molar-refractivity contribution in [1.29, 1.82) is 0 Å². The number of ether oxygens (including phenoxy) is 1. The molecule has 9 nitrogen and oxygen atoms in total. The normalized spacial score (nSPS) is 19.9.